The molecule has 1 N–H and O–H groups in total. The van der Waals surface area contributed by atoms with Gasteiger partial charge in [0.25, 0.3) is 0 Å². The van der Waals surface area contributed by atoms with Crippen LogP contribution in [0.3, 0.4) is 0 Å². The van der Waals surface area contributed by atoms with E-state index in [9.17, 15) is 4.79 Å². The molecule has 1 aromatic heterocycles. The highest BCUT2D eigenvalue weighted by Gasteiger charge is 2.10. The number of methoxy groups -OCH3 is 1. The van der Waals surface area contributed by atoms with Crippen molar-refractivity contribution in [3.05, 3.63) is 72.3 Å². The fourth-order valence-electron chi connectivity index (χ4n) is 3.39. The number of nitrogens with zero attached hydrogens (tertiary/aromatic N) is 4. The number of hydrogen-bond acceptors (Lipinski definition) is 5. The Labute approximate surface area is 174 Å². The zero-order valence-corrected chi connectivity index (χ0v) is 16.8. The molecule has 0 bridgehead atoms. The van der Waals surface area contributed by atoms with E-state index < -0.39 is 0 Å². The molecular formula is C23H23N5O2. The van der Waals surface area contributed by atoms with Gasteiger partial charge in [-0.15, -0.1) is 10.2 Å². The molecular weight excluding hydrogens is 378 g/mol. The molecule has 0 unspecified atom stereocenters. The Morgan fingerprint density at radius 2 is 1.83 bits per heavy atom. The molecule has 4 rings (SSSR count). The summed E-state index contributed by atoms with van der Waals surface area (Å²) in [4.78, 5) is 13.9. The molecule has 1 amide bonds. The number of fused-ring (bicyclic) bond motifs is 1. The van der Waals surface area contributed by atoms with E-state index in [1.54, 1.807) is 7.11 Å². The molecule has 0 radical (unpaired) electrons. The second-order valence-electron chi connectivity index (χ2n) is 6.92. The summed E-state index contributed by atoms with van der Waals surface area (Å²) in [6.07, 6.45) is 1.01. The number of carbonyl (C=O) groups is 1. The third-order valence-corrected chi connectivity index (χ3v) is 4.93. The van der Waals surface area contributed by atoms with Crippen molar-refractivity contribution in [3.63, 3.8) is 0 Å². The van der Waals surface area contributed by atoms with E-state index >= 15 is 0 Å². The van der Waals surface area contributed by atoms with Crippen molar-refractivity contribution in [2.75, 3.05) is 7.11 Å². The van der Waals surface area contributed by atoms with Crippen LogP contribution in [0.4, 0.5) is 0 Å². The third kappa shape index (κ3) is 4.46. The Morgan fingerprint density at radius 3 is 2.67 bits per heavy atom. The number of aromatic nitrogens is 4. The normalized spacial score (nSPS) is 10.8. The number of carbonyl (C=O) groups excluding carboxylic acids is 1. The van der Waals surface area contributed by atoms with E-state index in [2.05, 4.69) is 26.8 Å². The fourth-order valence-corrected chi connectivity index (χ4v) is 3.39. The minimum Gasteiger partial charge on any atom is -0.496 e. The molecule has 0 atom stereocenters. The number of nitrogens with one attached hydrogen (secondary N) is 1. The number of hydrogen-bond donors (Lipinski definition) is 1. The van der Waals surface area contributed by atoms with Crippen molar-refractivity contribution in [3.8, 4) is 17.1 Å². The average Bonchev–Trinajstić information content (AvgIpc) is 3.27. The fraction of sp³-hybridized carbons (Fsp3) is 0.217. The van der Waals surface area contributed by atoms with Gasteiger partial charge in [0, 0.05) is 24.1 Å². The molecule has 4 aromatic rings. The van der Waals surface area contributed by atoms with Crippen LogP contribution in [-0.4, -0.2) is 33.2 Å². The molecule has 1 heterocycles. The molecule has 152 valence electrons. The van der Waals surface area contributed by atoms with Gasteiger partial charge in [-0.1, -0.05) is 60.7 Å². The lowest BCUT2D eigenvalue weighted by molar-refractivity contribution is -0.121. The van der Waals surface area contributed by atoms with E-state index in [0.717, 1.165) is 27.6 Å². The molecule has 0 aliphatic rings. The van der Waals surface area contributed by atoms with Crippen LogP contribution in [0.15, 0.2) is 66.7 Å². The van der Waals surface area contributed by atoms with Gasteiger partial charge in [-0.25, -0.2) is 0 Å². The van der Waals surface area contributed by atoms with Gasteiger partial charge in [-0.05, 0) is 28.5 Å². The average molecular weight is 401 g/mol. The number of benzene rings is 3. The lowest BCUT2D eigenvalue weighted by Gasteiger charge is -2.13. The minimum atomic E-state index is -0.0200. The van der Waals surface area contributed by atoms with Crippen LogP contribution in [0, 0.1) is 0 Å². The van der Waals surface area contributed by atoms with Gasteiger partial charge >= 0.3 is 0 Å². The largest absolute Gasteiger partial charge is 0.496 e. The van der Waals surface area contributed by atoms with Crippen molar-refractivity contribution in [2.45, 2.75) is 25.9 Å². The number of tetrazole rings is 1. The van der Waals surface area contributed by atoms with Crippen LogP contribution >= 0.6 is 0 Å². The van der Waals surface area contributed by atoms with Crippen LogP contribution in [0.5, 0.6) is 5.75 Å². The number of ether oxygens (including phenoxy) is 1. The van der Waals surface area contributed by atoms with Gasteiger partial charge in [0.15, 0.2) is 0 Å². The van der Waals surface area contributed by atoms with Crippen LogP contribution < -0.4 is 10.1 Å². The van der Waals surface area contributed by atoms with E-state index in [0.29, 0.717) is 31.8 Å². The number of aryl methyl sites for hydroxylation is 1. The molecule has 0 aliphatic heterocycles. The summed E-state index contributed by atoms with van der Waals surface area (Å²) in [6.45, 7) is 0.952. The Bertz CT molecular complexity index is 1140. The highest BCUT2D eigenvalue weighted by Crippen LogP contribution is 2.27. The summed E-state index contributed by atoms with van der Waals surface area (Å²) in [5.41, 5.74) is 1.90. The summed E-state index contributed by atoms with van der Waals surface area (Å²) < 4.78 is 5.49. The zero-order valence-electron chi connectivity index (χ0n) is 16.8. The zero-order chi connectivity index (χ0) is 20.8. The number of amides is 1. The molecule has 0 aliphatic carbocycles. The summed E-state index contributed by atoms with van der Waals surface area (Å²) in [5.74, 6) is 1.34. The Kier molecular flexibility index (Phi) is 5.98. The Morgan fingerprint density at radius 1 is 1.03 bits per heavy atom. The van der Waals surface area contributed by atoms with Gasteiger partial charge in [0.2, 0.25) is 11.7 Å². The van der Waals surface area contributed by atoms with Crippen molar-refractivity contribution < 1.29 is 9.53 Å². The van der Waals surface area contributed by atoms with Gasteiger partial charge in [-0.2, -0.15) is 4.80 Å². The third-order valence-electron chi connectivity index (χ3n) is 4.93. The van der Waals surface area contributed by atoms with Gasteiger partial charge in [0.05, 0.1) is 13.7 Å². The van der Waals surface area contributed by atoms with Crippen LogP contribution in [-0.2, 0) is 17.9 Å². The Balaban J connectivity index is 1.31. The molecule has 30 heavy (non-hydrogen) atoms. The second kappa shape index (κ2) is 9.17. The maximum absolute atomic E-state index is 12.4. The lowest BCUT2D eigenvalue weighted by atomic mass is 10.0. The summed E-state index contributed by atoms with van der Waals surface area (Å²) in [5, 5.41) is 17.7. The highest BCUT2D eigenvalue weighted by molar-refractivity contribution is 5.88. The van der Waals surface area contributed by atoms with Gasteiger partial charge in [-0.3, -0.25) is 4.79 Å². The van der Waals surface area contributed by atoms with Crippen LogP contribution in [0.25, 0.3) is 22.2 Å². The topological polar surface area (TPSA) is 81.9 Å². The monoisotopic (exact) mass is 401 g/mol. The standard InChI is InChI=1S/C23H23N5O2/c1-30-21-14-13-17-8-5-6-11-19(17)20(21)16-24-22(29)12-7-15-28-26-23(25-27-28)18-9-3-2-4-10-18/h2-6,8-11,13-14H,7,12,15-16H2,1H3,(H,24,29). The smallest absolute Gasteiger partial charge is 0.220 e. The number of rotatable bonds is 8. The molecule has 7 nitrogen and oxygen atoms in total. The predicted molar refractivity (Wildman–Crippen MR) is 115 cm³/mol. The first-order chi connectivity index (χ1) is 14.7. The predicted octanol–water partition coefficient (Wildman–Crippen LogP) is 3.60. The molecule has 0 spiro atoms. The maximum atomic E-state index is 12.4. The first-order valence-electron chi connectivity index (χ1n) is 9.89. The van der Waals surface area contributed by atoms with E-state index in [4.69, 9.17) is 4.74 Å². The van der Waals surface area contributed by atoms with Crippen molar-refractivity contribution in [1.29, 1.82) is 0 Å². The Hall–Kier alpha value is -3.74. The molecule has 0 saturated carbocycles. The molecule has 7 heteroatoms. The summed E-state index contributed by atoms with van der Waals surface area (Å²) >= 11 is 0. The van der Waals surface area contributed by atoms with E-state index in [1.807, 2.05) is 60.7 Å². The molecule has 0 fully saturated rings. The molecule has 0 saturated heterocycles. The lowest BCUT2D eigenvalue weighted by Crippen LogP contribution is -2.23. The molecule has 3 aromatic carbocycles. The minimum absolute atomic E-state index is 0.0200. The van der Waals surface area contributed by atoms with Crippen molar-refractivity contribution in [2.24, 2.45) is 0 Å². The van der Waals surface area contributed by atoms with Crippen molar-refractivity contribution in [1.82, 2.24) is 25.5 Å². The SMILES string of the molecule is COc1ccc2ccccc2c1CNC(=O)CCCn1nnc(-c2ccccc2)n1. The quantitative estimate of drug-likeness (QED) is 0.488. The van der Waals surface area contributed by atoms with E-state index in [-0.39, 0.29) is 5.91 Å². The second-order valence-corrected chi connectivity index (χ2v) is 6.92. The van der Waals surface area contributed by atoms with Gasteiger partial charge < -0.3 is 10.1 Å². The van der Waals surface area contributed by atoms with Crippen LogP contribution in [0.2, 0.25) is 0 Å². The van der Waals surface area contributed by atoms with Crippen molar-refractivity contribution >= 4 is 16.7 Å². The maximum Gasteiger partial charge on any atom is 0.220 e. The first-order valence-corrected chi connectivity index (χ1v) is 9.89. The first kappa shape index (κ1) is 19.6. The summed E-state index contributed by atoms with van der Waals surface area (Å²) in [7, 11) is 1.64. The van der Waals surface area contributed by atoms with E-state index in [1.165, 1.54) is 4.80 Å². The van der Waals surface area contributed by atoms with Gasteiger partial charge in [0.1, 0.15) is 5.75 Å². The highest BCUT2D eigenvalue weighted by atomic mass is 16.5. The van der Waals surface area contributed by atoms with Crippen LogP contribution in [0.1, 0.15) is 18.4 Å². The summed E-state index contributed by atoms with van der Waals surface area (Å²) in [6, 6.07) is 21.7.